The lowest BCUT2D eigenvalue weighted by Gasteiger charge is -2.17. The number of hydrogen-bond donors (Lipinski definition) is 2. The molecule has 1 aromatic heterocycles. The van der Waals surface area contributed by atoms with E-state index in [4.69, 9.17) is 10.8 Å². The fraction of sp³-hybridized carbons (Fsp3) is 0.345. The maximum absolute atomic E-state index is 14.2. The largest absolute Gasteiger partial charge is 0.481 e. The molecule has 0 aliphatic carbocycles. The van der Waals surface area contributed by atoms with Gasteiger partial charge in [0.15, 0.2) is 0 Å². The monoisotopic (exact) mass is 512 g/mol. The van der Waals surface area contributed by atoms with E-state index < -0.39 is 17.9 Å². The molecule has 0 fully saturated rings. The quantitative estimate of drug-likeness (QED) is 0.416. The topological polar surface area (TPSA) is 102 Å². The summed E-state index contributed by atoms with van der Waals surface area (Å²) in [5.74, 6) is -1.78. The number of hydrogen-bond acceptors (Lipinski definition) is 3. The predicted octanol–water partition coefficient (Wildman–Crippen LogP) is 5.50. The van der Waals surface area contributed by atoms with E-state index >= 15 is 0 Å². The van der Waals surface area contributed by atoms with Gasteiger partial charge in [0, 0.05) is 18.7 Å². The zero-order chi connectivity index (χ0) is 27.9. The molecule has 198 valence electrons. The summed E-state index contributed by atoms with van der Waals surface area (Å²) in [6.07, 6.45) is 2.19. The molecule has 3 aromatic rings. The number of nitrogens with two attached hydrogens (primary N) is 1. The highest BCUT2D eigenvalue weighted by Gasteiger charge is 2.19. The Kier molecular flexibility index (Phi) is 10.3. The van der Waals surface area contributed by atoms with Gasteiger partial charge in [-0.25, -0.2) is 8.78 Å². The van der Waals surface area contributed by atoms with Gasteiger partial charge in [-0.05, 0) is 103 Å². The van der Waals surface area contributed by atoms with Crippen LogP contribution in [0.15, 0.2) is 53.5 Å². The van der Waals surface area contributed by atoms with Gasteiger partial charge in [0.1, 0.15) is 17.7 Å². The van der Waals surface area contributed by atoms with Gasteiger partial charge in [-0.3, -0.25) is 14.4 Å². The smallest absolute Gasteiger partial charge is 0.303 e. The second-order valence-electron chi connectivity index (χ2n) is 9.57. The molecule has 0 spiro atoms. The molecule has 37 heavy (non-hydrogen) atoms. The first-order valence-electron chi connectivity index (χ1n) is 12.1. The Bertz CT molecular complexity index is 1310. The average molecular weight is 513 g/mol. The molecule has 1 heterocycles. The molecule has 0 saturated heterocycles. The van der Waals surface area contributed by atoms with Crippen LogP contribution in [0.3, 0.4) is 0 Å². The van der Waals surface area contributed by atoms with E-state index in [2.05, 4.69) is 0 Å². The highest BCUT2D eigenvalue weighted by atomic mass is 19.1. The molecule has 8 heteroatoms. The number of aliphatic carboxylic acids is 1. The lowest BCUT2D eigenvalue weighted by molar-refractivity contribution is -0.137. The molecule has 0 bridgehead atoms. The Morgan fingerprint density at radius 3 is 2.14 bits per heavy atom. The molecule has 0 saturated carbocycles. The van der Waals surface area contributed by atoms with Crippen molar-refractivity contribution in [3.8, 4) is 11.1 Å². The molecular formula is C29H34F2N2O4. The van der Waals surface area contributed by atoms with Crippen molar-refractivity contribution in [2.24, 2.45) is 11.7 Å². The summed E-state index contributed by atoms with van der Waals surface area (Å²) in [4.78, 5) is 33.5. The number of pyridine rings is 1. The highest BCUT2D eigenvalue weighted by Crippen LogP contribution is 2.31. The number of aromatic nitrogens is 1. The molecule has 1 atom stereocenters. The van der Waals surface area contributed by atoms with Gasteiger partial charge in [-0.1, -0.05) is 19.9 Å². The Balaban J connectivity index is 0.000000281. The molecule has 6 nitrogen and oxygen atoms in total. The lowest BCUT2D eigenvalue weighted by atomic mass is 9.92. The van der Waals surface area contributed by atoms with Crippen LogP contribution >= 0.6 is 0 Å². The fourth-order valence-corrected chi connectivity index (χ4v) is 4.29. The van der Waals surface area contributed by atoms with Crippen LogP contribution in [0, 0.1) is 38.3 Å². The van der Waals surface area contributed by atoms with Crippen LogP contribution in [-0.2, 0) is 16.0 Å². The Labute approximate surface area is 215 Å². The Morgan fingerprint density at radius 2 is 1.62 bits per heavy atom. The van der Waals surface area contributed by atoms with Crippen LogP contribution in [0.25, 0.3) is 11.1 Å². The molecule has 0 radical (unpaired) electrons. The number of carboxylic acids is 1. The van der Waals surface area contributed by atoms with Gasteiger partial charge in [-0.15, -0.1) is 0 Å². The Morgan fingerprint density at radius 1 is 1.00 bits per heavy atom. The van der Waals surface area contributed by atoms with Gasteiger partial charge in [-0.2, -0.15) is 0 Å². The number of amides is 1. The van der Waals surface area contributed by atoms with Crippen molar-refractivity contribution in [3.05, 3.63) is 92.9 Å². The number of rotatable bonds is 8. The van der Waals surface area contributed by atoms with Gasteiger partial charge < -0.3 is 15.4 Å². The number of carbonyl (C=O) groups excluding carboxylic acids is 1. The number of carboxylic acid groups (broad SMARTS) is 1. The van der Waals surface area contributed by atoms with Crippen molar-refractivity contribution in [2.45, 2.75) is 59.9 Å². The van der Waals surface area contributed by atoms with E-state index in [0.717, 1.165) is 22.3 Å². The minimum Gasteiger partial charge on any atom is -0.481 e. The first-order chi connectivity index (χ1) is 17.3. The lowest BCUT2D eigenvalue weighted by Crippen LogP contribution is -2.33. The fourth-order valence-electron chi connectivity index (χ4n) is 4.29. The first kappa shape index (κ1) is 29.4. The SMILES string of the molecule is CC(C)CC(C(N)=O)n1ccccc1=O.Cc1cc(-c2c(C)cc(F)cc2C)cc(CCC(=O)O)c1F. The van der Waals surface area contributed by atoms with Crippen molar-refractivity contribution in [1.82, 2.24) is 4.57 Å². The number of aryl methyl sites for hydroxylation is 4. The summed E-state index contributed by atoms with van der Waals surface area (Å²) in [6.45, 7) is 9.24. The van der Waals surface area contributed by atoms with Crippen LogP contribution < -0.4 is 11.3 Å². The van der Waals surface area contributed by atoms with E-state index in [1.165, 1.54) is 22.8 Å². The van der Waals surface area contributed by atoms with E-state index in [9.17, 15) is 23.2 Å². The van der Waals surface area contributed by atoms with E-state index in [-0.39, 0.29) is 30.0 Å². The van der Waals surface area contributed by atoms with Crippen molar-refractivity contribution in [1.29, 1.82) is 0 Å². The molecule has 2 aromatic carbocycles. The Hall–Kier alpha value is -3.81. The minimum atomic E-state index is -0.961. The summed E-state index contributed by atoms with van der Waals surface area (Å²) in [7, 11) is 0. The molecule has 0 aliphatic rings. The number of carbonyl (C=O) groups is 2. The third-order valence-electron chi connectivity index (χ3n) is 5.93. The molecule has 0 aliphatic heterocycles. The van der Waals surface area contributed by atoms with E-state index in [0.29, 0.717) is 23.5 Å². The number of nitrogens with zero attached hydrogens (tertiary/aromatic N) is 1. The summed E-state index contributed by atoms with van der Waals surface area (Å²) >= 11 is 0. The maximum Gasteiger partial charge on any atom is 0.303 e. The molecule has 3 N–H and O–H groups in total. The van der Waals surface area contributed by atoms with Crippen LogP contribution in [0.1, 0.15) is 55.0 Å². The zero-order valence-corrected chi connectivity index (χ0v) is 21.8. The van der Waals surface area contributed by atoms with E-state index in [1.807, 2.05) is 13.8 Å². The van der Waals surface area contributed by atoms with Crippen LogP contribution in [0.5, 0.6) is 0 Å². The zero-order valence-electron chi connectivity index (χ0n) is 21.8. The van der Waals surface area contributed by atoms with Gasteiger partial charge >= 0.3 is 5.97 Å². The number of halogens is 2. The van der Waals surface area contributed by atoms with Gasteiger partial charge in [0.2, 0.25) is 5.91 Å². The second-order valence-corrected chi connectivity index (χ2v) is 9.57. The van der Waals surface area contributed by atoms with Crippen molar-refractivity contribution in [2.75, 3.05) is 0 Å². The van der Waals surface area contributed by atoms with Gasteiger partial charge in [0.05, 0.1) is 0 Å². The standard InChI is InChI=1S/C18H18F2O2.C11H16N2O2/c1-10-7-15(19)8-11(2)17(10)14-6-12(3)18(20)13(9-14)4-5-16(21)22;1-8(2)7-9(11(12)15)13-6-4-3-5-10(13)14/h6-9H,4-5H2,1-3H3,(H,21,22);3-6,8-9H,7H2,1-2H3,(H2,12,15). The van der Waals surface area contributed by atoms with Crippen molar-refractivity contribution in [3.63, 3.8) is 0 Å². The third-order valence-corrected chi connectivity index (χ3v) is 5.93. The second kappa shape index (κ2) is 12.9. The summed E-state index contributed by atoms with van der Waals surface area (Å²) in [5, 5.41) is 8.78. The van der Waals surface area contributed by atoms with Gasteiger partial charge in [0.25, 0.3) is 5.56 Å². The number of primary amides is 1. The van der Waals surface area contributed by atoms with Crippen molar-refractivity contribution >= 4 is 11.9 Å². The van der Waals surface area contributed by atoms with Crippen LogP contribution in [0.2, 0.25) is 0 Å². The maximum atomic E-state index is 14.2. The summed E-state index contributed by atoms with van der Waals surface area (Å²) in [5.41, 5.74) is 9.12. The molecule has 3 rings (SSSR count). The van der Waals surface area contributed by atoms with Crippen molar-refractivity contribution < 1.29 is 23.5 Å². The minimum absolute atomic E-state index is 0.124. The first-order valence-corrected chi connectivity index (χ1v) is 12.1. The predicted molar refractivity (Wildman–Crippen MR) is 140 cm³/mol. The normalized spacial score (nSPS) is 11.6. The van der Waals surface area contributed by atoms with Crippen LogP contribution in [-0.4, -0.2) is 21.6 Å². The van der Waals surface area contributed by atoms with E-state index in [1.54, 1.807) is 51.2 Å². The molecule has 1 amide bonds. The summed E-state index contributed by atoms with van der Waals surface area (Å²) < 4.78 is 29.0. The molecule has 1 unspecified atom stereocenters. The molecular weight excluding hydrogens is 478 g/mol. The highest BCUT2D eigenvalue weighted by molar-refractivity contribution is 5.78. The third kappa shape index (κ3) is 8.10. The summed E-state index contributed by atoms with van der Waals surface area (Å²) in [6, 6.07) is 10.5. The average Bonchev–Trinajstić information content (AvgIpc) is 2.78. The van der Waals surface area contributed by atoms with Crippen LogP contribution in [0.4, 0.5) is 8.78 Å². The number of benzene rings is 2.